The number of oxazole rings is 1. The zero-order valence-corrected chi connectivity index (χ0v) is 15.6. The van der Waals surface area contributed by atoms with E-state index in [0.717, 1.165) is 25.7 Å². The van der Waals surface area contributed by atoms with Gasteiger partial charge >= 0.3 is 0 Å². The fraction of sp³-hybridized carbons (Fsp3) is 0.350. The molecule has 1 N–H and O–H groups in total. The fourth-order valence-electron chi connectivity index (χ4n) is 2.86. The summed E-state index contributed by atoms with van der Waals surface area (Å²) in [6.45, 7) is 0.185. The predicted octanol–water partition coefficient (Wildman–Crippen LogP) is 2.68. The van der Waals surface area contributed by atoms with Crippen LogP contribution in [0, 0.1) is 10.1 Å². The van der Waals surface area contributed by atoms with E-state index < -0.39 is 4.92 Å². The minimum Gasteiger partial charge on any atom is -0.446 e. The van der Waals surface area contributed by atoms with Crippen LogP contribution in [0.1, 0.15) is 47.6 Å². The molecule has 1 heterocycles. The summed E-state index contributed by atoms with van der Waals surface area (Å²) >= 11 is 0. The Bertz CT molecular complexity index is 958. The van der Waals surface area contributed by atoms with Gasteiger partial charge in [0.05, 0.1) is 11.5 Å². The molecule has 2 amide bonds. The van der Waals surface area contributed by atoms with E-state index in [1.54, 1.807) is 23.1 Å². The van der Waals surface area contributed by atoms with Gasteiger partial charge in [0, 0.05) is 30.3 Å². The molecule has 2 aromatic rings. The standard InChI is InChI=1S/C20H20N4O5/c25-19(10-3-13-1-6-16(7-2-13)24(27)28)23(15-8-9-15)11-18-22-17(12-29-18)20(26)21-14-4-5-14/h1-3,6-7,10,12,14-15H,4-5,8-9,11H2,(H,21,26). The molecule has 0 unspecified atom stereocenters. The smallest absolute Gasteiger partial charge is 0.273 e. The van der Waals surface area contributed by atoms with Gasteiger partial charge in [-0.1, -0.05) is 0 Å². The third-order valence-corrected chi connectivity index (χ3v) is 4.80. The molecule has 0 bridgehead atoms. The topological polar surface area (TPSA) is 119 Å². The van der Waals surface area contributed by atoms with Crippen molar-refractivity contribution in [2.75, 3.05) is 0 Å². The summed E-state index contributed by atoms with van der Waals surface area (Å²) in [7, 11) is 0. The second-order valence-electron chi connectivity index (χ2n) is 7.25. The number of amides is 2. The van der Waals surface area contributed by atoms with Crippen molar-refractivity contribution in [3.05, 3.63) is 63.9 Å². The minimum absolute atomic E-state index is 0.00139. The van der Waals surface area contributed by atoms with Crippen molar-refractivity contribution in [2.24, 2.45) is 0 Å². The highest BCUT2D eigenvalue weighted by Crippen LogP contribution is 2.29. The Kier molecular flexibility index (Phi) is 5.11. The van der Waals surface area contributed by atoms with Crippen LogP contribution in [0.5, 0.6) is 0 Å². The first-order valence-electron chi connectivity index (χ1n) is 9.48. The van der Waals surface area contributed by atoms with Crippen LogP contribution in [-0.2, 0) is 11.3 Å². The number of hydrogen-bond acceptors (Lipinski definition) is 6. The number of carbonyl (C=O) groups is 2. The number of hydrogen-bond donors (Lipinski definition) is 1. The van der Waals surface area contributed by atoms with E-state index in [-0.39, 0.29) is 41.8 Å². The molecule has 29 heavy (non-hydrogen) atoms. The molecule has 1 aromatic heterocycles. The number of nitro benzene ring substituents is 1. The van der Waals surface area contributed by atoms with Gasteiger partial charge in [-0.25, -0.2) is 4.98 Å². The first kappa shape index (κ1) is 18.9. The Morgan fingerprint density at radius 2 is 1.97 bits per heavy atom. The molecule has 1 aromatic carbocycles. The van der Waals surface area contributed by atoms with E-state index in [1.165, 1.54) is 24.5 Å². The molecule has 0 aliphatic heterocycles. The van der Waals surface area contributed by atoms with Gasteiger partial charge in [-0.2, -0.15) is 0 Å². The minimum atomic E-state index is -0.469. The Hall–Kier alpha value is -3.49. The van der Waals surface area contributed by atoms with Crippen molar-refractivity contribution in [3.8, 4) is 0 Å². The van der Waals surface area contributed by atoms with Crippen molar-refractivity contribution in [1.82, 2.24) is 15.2 Å². The van der Waals surface area contributed by atoms with Gasteiger partial charge < -0.3 is 14.6 Å². The third kappa shape index (κ3) is 4.87. The molecule has 0 saturated heterocycles. The lowest BCUT2D eigenvalue weighted by molar-refractivity contribution is -0.384. The molecule has 2 fully saturated rings. The molecule has 2 aliphatic carbocycles. The summed E-state index contributed by atoms with van der Waals surface area (Å²) in [5.41, 5.74) is 0.907. The number of nitrogens with one attached hydrogen (secondary N) is 1. The van der Waals surface area contributed by atoms with E-state index in [0.29, 0.717) is 11.5 Å². The molecule has 9 nitrogen and oxygen atoms in total. The number of benzene rings is 1. The van der Waals surface area contributed by atoms with Crippen LogP contribution in [0.3, 0.4) is 0 Å². The van der Waals surface area contributed by atoms with E-state index >= 15 is 0 Å². The van der Waals surface area contributed by atoms with Gasteiger partial charge in [-0.3, -0.25) is 19.7 Å². The number of nitro groups is 1. The van der Waals surface area contributed by atoms with Crippen LogP contribution < -0.4 is 5.32 Å². The molecule has 4 rings (SSSR count). The molecule has 150 valence electrons. The molecule has 2 saturated carbocycles. The first-order valence-corrected chi connectivity index (χ1v) is 9.48. The highest BCUT2D eigenvalue weighted by Gasteiger charge is 2.33. The summed E-state index contributed by atoms with van der Waals surface area (Å²) in [5.74, 6) is -0.146. The third-order valence-electron chi connectivity index (χ3n) is 4.80. The van der Waals surface area contributed by atoms with Crippen molar-refractivity contribution < 1.29 is 18.9 Å². The largest absolute Gasteiger partial charge is 0.446 e. The van der Waals surface area contributed by atoms with Crippen molar-refractivity contribution in [1.29, 1.82) is 0 Å². The van der Waals surface area contributed by atoms with Gasteiger partial charge in [-0.05, 0) is 49.5 Å². The lowest BCUT2D eigenvalue weighted by Gasteiger charge is -2.18. The molecular weight excluding hydrogens is 376 g/mol. The zero-order valence-electron chi connectivity index (χ0n) is 15.6. The van der Waals surface area contributed by atoms with E-state index in [1.807, 2.05) is 0 Å². The van der Waals surface area contributed by atoms with Crippen LogP contribution in [-0.4, -0.2) is 38.7 Å². The van der Waals surface area contributed by atoms with Gasteiger partial charge in [-0.15, -0.1) is 0 Å². The summed E-state index contributed by atoms with van der Waals surface area (Å²) in [6.07, 6.45) is 8.16. The van der Waals surface area contributed by atoms with Crippen LogP contribution in [0.25, 0.3) is 6.08 Å². The lowest BCUT2D eigenvalue weighted by Crippen LogP contribution is -2.31. The second-order valence-corrected chi connectivity index (χ2v) is 7.25. The average molecular weight is 396 g/mol. The van der Waals surface area contributed by atoms with Crippen molar-refractivity contribution in [2.45, 2.75) is 44.3 Å². The summed E-state index contributed by atoms with van der Waals surface area (Å²) in [5, 5.41) is 13.6. The maximum atomic E-state index is 12.7. The van der Waals surface area contributed by atoms with Gasteiger partial charge in [0.15, 0.2) is 5.69 Å². The molecular formula is C20H20N4O5. The summed E-state index contributed by atoms with van der Waals surface area (Å²) in [4.78, 5) is 40.8. The predicted molar refractivity (Wildman–Crippen MR) is 103 cm³/mol. The van der Waals surface area contributed by atoms with Gasteiger partial charge in [0.25, 0.3) is 11.6 Å². The van der Waals surface area contributed by atoms with Crippen LogP contribution >= 0.6 is 0 Å². The average Bonchev–Trinajstić information content (AvgIpc) is 3.65. The second kappa shape index (κ2) is 7.86. The monoisotopic (exact) mass is 396 g/mol. The Labute approximate surface area is 166 Å². The maximum Gasteiger partial charge on any atom is 0.273 e. The lowest BCUT2D eigenvalue weighted by atomic mass is 10.2. The van der Waals surface area contributed by atoms with E-state index in [9.17, 15) is 19.7 Å². The van der Waals surface area contributed by atoms with Gasteiger partial charge in [0.1, 0.15) is 6.26 Å². The molecule has 0 atom stereocenters. The molecule has 0 radical (unpaired) electrons. The number of rotatable bonds is 8. The van der Waals surface area contributed by atoms with Crippen LogP contribution in [0.2, 0.25) is 0 Å². The number of nitrogens with zero attached hydrogens (tertiary/aromatic N) is 3. The van der Waals surface area contributed by atoms with Crippen LogP contribution in [0.15, 0.2) is 41.0 Å². The van der Waals surface area contributed by atoms with Crippen LogP contribution in [0.4, 0.5) is 5.69 Å². The van der Waals surface area contributed by atoms with Crippen molar-refractivity contribution in [3.63, 3.8) is 0 Å². The highest BCUT2D eigenvalue weighted by molar-refractivity contribution is 5.93. The SMILES string of the molecule is O=C(NC1CC1)c1coc(CN(C(=O)C=Cc2ccc([N+](=O)[O-])cc2)C2CC2)n1. The fourth-order valence-corrected chi connectivity index (χ4v) is 2.86. The Balaban J connectivity index is 1.39. The zero-order chi connectivity index (χ0) is 20.4. The molecule has 9 heteroatoms. The Morgan fingerprint density at radius 1 is 1.24 bits per heavy atom. The number of aromatic nitrogens is 1. The van der Waals surface area contributed by atoms with Crippen molar-refractivity contribution >= 4 is 23.6 Å². The molecule has 2 aliphatic rings. The molecule has 0 spiro atoms. The summed E-state index contributed by atoms with van der Waals surface area (Å²) in [6, 6.07) is 6.31. The first-order chi connectivity index (χ1) is 14.0. The Morgan fingerprint density at radius 3 is 2.59 bits per heavy atom. The summed E-state index contributed by atoms with van der Waals surface area (Å²) < 4.78 is 5.39. The number of carbonyl (C=O) groups excluding carboxylic acids is 2. The highest BCUT2D eigenvalue weighted by atomic mass is 16.6. The normalized spacial score (nSPS) is 16.0. The quantitative estimate of drug-likeness (QED) is 0.416. The van der Waals surface area contributed by atoms with Gasteiger partial charge in [0.2, 0.25) is 11.8 Å². The van der Waals surface area contributed by atoms with E-state index in [2.05, 4.69) is 10.3 Å². The van der Waals surface area contributed by atoms with E-state index in [4.69, 9.17) is 4.42 Å². The maximum absolute atomic E-state index is 12.7. The number of non-ortho nitro benzene ring substituents is 1.